The van der Waals surface area contributed by atoms with Gasteiger partial charge < -0.3 is 5.32 Å². The van der Waals surface area contributed by atoms with Crippen molar-refractivity contribution in [2.45, 2.75) is 26.4 Å². The summed E-state index contributed by atoms with van der Waals surface area (Å²) in [6.45, 7) is 4.95. The smallest absolute Gasteiger partial charge is 0.159 e. The molecule has 5 rings (SSSR count). The average Bonchev–Trinajstić information content (AvgIpc) is 3.24. The van der Waals surface area contributed by atoms with Crippen LogP contribution < -0.4 is 5.32 Å². The first-order valence-corrected chi connectivity index (χ1v) is 10.8. The Kier molecular flexibility index (Phi) is 5.48. The van der Waals surface area contributed by atoms with Crippen molar-refractivity contribution in [3.05, 3.63) is 108 Å². The van der Waals surface area contributed by atoms with Gasteiger partial charge in [-0.3, -0.25) is 0 Å². The Balaban J connectivity index is 1.29. The third-order valence-corrected chi connectivity index (χ3v) is 5.86. The highest BCUT2D eigenvalue weighted by Crippen LogP contribution is 2.26. The van der Waals surface area contributed by atoms with Gasteiger partial charge in [-0.2, -0.15) is 5.10 Å². The van der Waals surface area contributed by atoms with E-state index in [0.29, 0.717) is 6.54 Å². The second-order valence-electron chi connectivity index (χ2n) is 7.98. The number of hydrogen-bond acceptors (Lipinski definition) is 4. The van der Waals surface area contributed by atoms with Gasteiger partial charge in [0.2, 0.25) is 0 Å². The standard InChI is InChI=1S/C27H25N5/c1-19(26-18-31-32(20(26)2)23-11-4-3-5-12-23)28-15-21-16-29-27(30-17-21)25-14-8-10-22-9-6-7-13-24(22)25/h3-14,16-19,28H,15H2,1-2H3/t19-/m0/s1. The third-order valence-electron chi connectivity index (χ3n) is 5.86. The molecule has 0 spiro atoms. The molecule has 0 unspecified atom stereocenters. The van der Waals surface area contributed by atoms with Gasteiger partial charge in [-0.15, -0.1) is 0 Å². The van der Waals surface area contributed by atoms with Crippen molar-refractivity contribution in [1.82, 2.24) is 25.1 Å². The first kappa shape index (κ1) is 20.1. The first-order chi connectivity index (χ1) is 15.7. The highest BCUT2D eigenvalue weighted by molar-refractivity contribution is 5.94. The predicted octanol–water partition coefficient (Wildman–Crippen LogP) is 5.64. The van der Waals surface area contributed by atoms with Gasteiger partial charge in [0.1, 0.15) is 0 Å². The summed E-state index contributed by atoms with van der Waals surface area (Å²) in [5.41, 5.74) is 5.50. The quantitative estimate of drug-likeness (QED) is 0.387. The fourth-order valence-electron chi connectivity index (χ4n) is 4.06. The Bertz CT molecular complexity index is 1330. The molecular formula is C27H25N5. The van der Waals surface area contributed by atoms with Crippen molar-refractivity contribution >= 4 is 10.8 Å². The van der Waals surface area contributed by atoms with E-state index < -0.39 is 0 Å². The van der Waals surface area contributed by atoms with E-state index in [-0.39, 0.29) is 6.04 Å². The maximum Gasteiger partial charge on any atom is 0.159 e. The number of nitrogens with one attached hydrogen (secondary N) is 1. The van der Waals surface area contributed by atoms with Gasteiger partial charge in [0.15, 0.2) is 5.82 Å². The van der Waals surface area contributed by atoms with Crippen LogP contribution in [-0.2, 0) is 6.54 Å². The molecule has 2 aromatic heterocycles. The van der Waals surface area contributed by atoms with Gasteiger partial charge in [0.25, 0.3) is 0 Å². The van der Waals surface area contributed by atoms with Gasteiger partial charge in [-0.1, -0.05) is 60.7 Å². The van der Waals surface area contributed by atoms with Crippen molar-refractivity contribution in [3.63, 3.8) is 0 Å². The molecule has 0 radical (unpaired) electrons. The van der Waals surface area contributed by atoms with Crippen molar-refractivity contribution in [2.75, 3.05) is 0 Å². The van der Waals surface area contributed by atoms with E-state index in [2.05, 4.69) is 76.7 Å². The molecule has 0 fully saturated rings. The average molecular weight is 420 g/mol. The number of rotatable bonds is 6. The van der Waals surface area contributed by atoms with Crippen LogP contribution in [0.3, 0.4) is 0 Å². The van der Waals surface area contributed by atoms with Crippen LogP contribution in [0.1, 0.15) is 29.8 Å². The van der Waals surface area contributed by atoms with Gasteiger partial charge in [0.05, 0.1) is 11.9 Å². The molecule has 2 heterocycles. The fraction of sp³-hybridized carbons (Fsp3) is 0.148. The zero-order chi connectivity index (χ0) is 21.9. The monoisotopic (exact) mass is 419 g/mol. The molecule has 5 aromatic rings. The summed E-state index contributed by atoms with van der Waals surface area (Å²) >= 11 is 0. The van der Waals surface area contributed by atoms with E-state index in [9.17, 15) is 0 Å². The van der Waals surface area contributed by atoms with Crippen molar-refractivity contribution in [3.8, 4) is 17.1 Å². The normalized spacial score (nSPS) is 12.2. The molecule has 0 aliphatic carbocycles. The van der Waals surface area contributed by atoms with Crippen molar-refractivity contribution in [2.24, 2.45) is 0 Å². The van der Waals surface area contributed by atoms with Crippen LogP contribution in [0.2, 0.25) is 0 Å². The second kappa shape index (κ2) is 8.73. The highest BCUT2D eigenvalue weighted by atomic mass is 15.3. The Morgan fingerprint density at radius 2 is 1.56 bits per heavy atom. The van der Waals surface area contributed by atoms with E-state index in [4.69, 9.17) is 0 Å². The summed E-state index contributed by atoms with van der Waals surface area (Å²) in [6, 6.07) is 24.9. The van der Waals surface area contributed by atoms with Gasteiger partial charge in [-0.05, 0) is 36.8 Å². The number of aromatic nitrogens is 4. The van der Waals surface area contributed by atoms with Crippen LogP contribution >= 0.6 is 0 Å². The minimum absolute atomic E-state index is 0.158. The summed E-state index contributed by atoms with van der Waals surface area (Å²) in [5, 5.41) is 10.5. The van der Waals surface area contributed by atoms with Crippen LogP contribution in [0, 0.1) is 6.92 Å². The second-order valence-corrected chi connectivity index (χ2v) is 7.98. The van der Waals surface area contributed by atoms with E-state index in [1.54, 1.807) is 0 Å². The SMILES string of the molecule is Cc1c([C@H](C)NCc2cnc(-c3cccc4ccccc34)nc2)cnn1-c1ccccc1. The third kappa shape index (κ3) is 3.90. The largest absolute Gasteiger partial charge is 0.306 e. The van der Waals surface area contributed by atoms with E-state index in [0.717, 1.165) is 28.3 Å². The molecule has 0 aliphatic heterocycles. The lowest BCUT2D eigenvalue weighted by molar-refractivity contribution is 0.570. The zero-order valence-electron chi connectivity index (χ0n) is 18.2. The maximum absolute atomic E-state index is 4.64. The minimum Gasteiger partial charge on any atom is -0.306 e. The first-order valence-electron chi connectivity index (χ1n) is 10.8. The molecule has 1 N–H and O–H groups in total. The molecule has 5 nitrogen and oxygen atoms in total. The topological polar surface area (TPSA) is 55.6 Å². The lowest BCUT2D eigenvalue weighted by Crippen LogP contribution is -2.19. The Morgan fingerprint density at radius 3 is 2.38 bits per heavy atom. The molecule has 32 heavy (non-hydrogen) atoms. The van der Waals surface area contributed by atoms with Gasteiger partial charge in [-0.25, -0.2) is 14.6 Å². The summed E-state index contributed by atoms with van der Waals surface area (Å²) < 4.78 is 1.98. The van der Waals surface area contributed by atoms with Crippen LogP contribution in [-0.4, -0.2) is 19.7 Å². The number of fused-ring (bicyclic) bond motifs is 1. The molecule has 0 saturated heterocycles. The molecule has 1 atom stereocenters. The fourth-order valence-corrected chi connectivity index (χ4v) is 4.06. The van der Waals surface area contributed by atoms with Gasteiger partial charge in [0, 0.05) is 47.4 Å². The maximum atomic E-state index is 4.64. The molecule has 0 aliphatic rings. The van der Waals surface area contributed by atoms with Crippen LogP contribution in [0.15, 0.2) is 91.4 Å². The number of para-hydroxylation sites is 1. The van der Waals surface area contributed by atoms with E-state index in [1.807, 2.05) is 53.6 Å². The van der Waals surface area contributed by atoms with Crippen LogP contribution in [0.5, 0.6) is 0 Å². The van der Waals surface area contributed by atoms with Crippen molar-refractivity contribution in [1.29, 1.82) is 0 Å². The van der Waals surface area contributed by atoms with Gasteiger partial charge >= 0.3 is 0 Å². The molecule has 0 bridgehead atoms. The lowest BCUT2D eigenvalue weighted by atomic mass is 10.0. The van der Waals surface area contributed by atoms with Crippen LogP contribution in [0.4, 0.5) is 0 Å². The molecule has 0 amide bonds. The van der Waals surface area contributed by atoms with Crippen LogP contribution in [0.25, 0.3) is 27.8 Å². The Labute approximate surface area is 187 Å². The molecular weight excluding hydrogens is 394 g/mol. The highest BCUT2D eigenvalue weighted by Gasteiger charge is 2.14. The summed E-state index contributed by atoms with van der Waals surface area (Å²) in [5.74, 6) is 0.749. The van der Waals surface area contributed by atoms with E-state index >= 15 is 0 Å². The number of nitrogens with zero attached hydrogens (tertiary/aromatic N) is 4. The molecule has 0 saturated carbocycles. The summed E-state index contributed by atoms with van der Waals surface area (Å²) in [7, 11) is 0. The minimum atomic E-state index is 0.158. The zero-order valence-corrected chi connectivity index (χ0v) is 18.2. The molecule has 5 heteroatoms. The van der Waals surface area contributed by atoms with E-state index in [1.165, 1.54) is 16.3 Å². The lowest BCUT2D eigenvalue weighted by Gasteiger charge is -2.14. The number of benzene rings is 3. The predicted molar refractivity (Wildman–Crippen MR) is 129 cm³/mol. The molecule has 158 valence electrons. The molecule has 3 aromatic carbocycles. The number of hydrogen-bond donors (Lipinski definition) is 1. The summed E-state index contributed by atoms with van der Waals surface area (Å²) in [4.78, 5) is 9.29. The Morgan fingerprint density at radius 1 is 0.844 bits per heavy atom. The van der Waals surface area contributed by atoms with Crippen molar-refractivity contribution < 1.29 is 0 Å². The Hall–Kier alpha value is -3.83. The summed E-state index contributed by atoms with van der Waals surface area (Å²) in [6.07, 6.45) is 5.76.